The van der Waals surface area contributed by atoms with E-state index >= 15 is 0 Å². The molecule has 0 aliphatic carbocycles. The Morgan fingerprint density at radius 1 is 1.07 bits per heavy atom. The molecular formula is C22H24BrN3O. The van der Waals surface area contributed by atoms with Gasteiger partial charge in [-0.3, -0.25) is 4.79 Å². The first-order valence-corrected chi connectivity index (χ1v) is 10.2. The molecule has 1 saturated heterocycles. The van der Waals surface area contributed by atoms with Gasteiger partial charge in [-0.15, -0.1) is 0 Å². The van der Waals surface area contributed by atoms with E-state index in [4.69, 9.17) is 0 Å². The highest BCUT2D eigenvalue weighted by molar-refractivity contribution is 9.10. The summed E-state index contributed by atoms with van der Waals surface area (Å²) in [6.45, 7) is 2.80. The second-order valence-electron chi connectivity index (χ2n) is 7.22. The van der Waals surface area contributed by atoms with E-state index < -0.39 is 0 Å². The Labute approximate surface area is 168 Å². The summed E-state index contributed by atoms with van der Waals surface area (Å²) < 4.78 is 2.84. The van der Waals surface area contributed by atoms with Gasteiger partial charge in [0.2, 0.25) is 0 Å². The molecule has 0 unspecified atom stereocenters. The van der Waals surface area contributed by atoms with Crippen molar-refractivity contribution >= 4 is 38.4 Å². The molecule has 1 aliphatic heterocycles. The Balaban J connectivity index is 1.63. The molecular weight excluding hydrogens is 402 g/mol. The summed E-state index contributed by atoms with van der Waals surface area (Å²) >= 11 is 3.65. The number of carbonyl (C=O) groups is 1. The zero-order valence-corrected chi connectivity index (χ0v) is 17.4. The molecule has 3 aromatic rings. The lowest BCUT2D eigenvalue weighted by Gasteiger charge is -2.24. The third kappa shape index (κ3) is 3.25. The predicted molar refractivity (Wildman–Crippen MR) is 114 cm³/mol. The van der Waals surface area contributed by atoms with Crippen molar-refractivity contribution in [3.63, 3.8) is 0 Å². The zero-order valence-electron chi connectivity index (χ0n) is 15.8. The summed E-state index contributed by atoms with van der Waals surface area (Å²) in [5.74, 6) is 0.0248. The third-order valence-corrected chi connectivity index (χ3v) is 6.24. The molecule has 27 heavy (non-hydrogen) atoms. The number of halogens is 1. The Hall–Kier alpha value is -2.27. The number of rotatable bonds is 4. The third-order valence-electron chi connectivity index (χ3n) is 5.44. The van der Waals surface area contributed by atoms with Crippen LogP contribution in [0.2, 0.25) is 0 Å². The number of fused-ring (bicyclic) bond motifs is 1. The topological polar surface area (TPSA) is 28.5 Å². The minimum Gasteiger partial charge on any atom is -0.371 e. The predicted octanol–water partition coefficient (Wildman–Crippen LogP) is 4.81. The standard InChI is InChI=1S/C22H24BrN3O/c1-24(15-16-9-3-5-11-18(16)26-13-7-8-14-26)22(27)21-20(23)17-10-4-6-12-19(17)25(21)2/h3-6,9-12H,7-8,13-15H2,1-2H3. The fourth-order valence-electron chi connectivity index (χ4n) is 4.00. The highest BCUT2D eigenvalue weighted by Gasteiger charge is 2.23. The fourth-order valence-corrected chi connectivity index (χ4v) is 4.77. The fraction of sp³-hybridized carbons (Fsp3) is 0.318. The number of amides is 1. The Bertz CT molecular complexity index is 949. The average Bonchev–Trinajstić information content (AvgIpc) is 3.30. The molecule has 5 heteroatoms. The molecule has 0 atom stereocenters. The number of aryl methyl sites for hydroxylation is 1. The van der Waals surface area contributed by atoms with Crippen molar-refractivity contribution < 1.29 is 4.79 Å². The van der Waals surface area contributed by atoms with Crippen LogP contribution in [0.25, 0.3) is 10.9 Å². The van der Waals surface area contributed by atoms with Gasteiger partial charge in [-0.2, -0.15) is 0 Å². The molecule has 2 aromatic carbocycles. The summed E-state index contributed by atoms with van der Waals surface area (Å²) in [7, 11) is 3.83. The SMILES string of the molecule is CN(Cc1ccccc1N1CCCC1)C(=O)c1c(Br)c2ccccc2n1C. The number of hydrogen-bond donors (Lipinski definition) is 0. The lowest BCUT2D eigenvalue weighted by molar-refractivity contribution is 0.0775. The molecule has 0 spiro atoms. The van der Waals surface area contributed by atoms with Crippen LogP contribution in [0.1, 0.15) is 28.9 Å². The average molecular weight is 426 g/mol. The normalized spacial score (nSPS) is 14.1. The summed E-state index contributed by atoms with van der Waals surface area (Å²) in [6.07, 6.45) is 2.48. The molecule has 0 bridgehead atoms. The van der Waals surface area contributed by atoms with Gasteiger partial charge < -0.3 is 14.4 Å². The van der Waals surface area contributed by atoms with Gasteiger partial charge in [0.15, 0.2) is 0 Å². The first-order chi connectivity index (χ1) is 13.1. The van der Waals surface area contributed by atoms with E-state index in [0.29, 0.717) is 12.2 Å². The first-order valence-electron chi connectivity index (χ1n) is 9.39. The smallest absolute Gasteiger partial charge is 0.271 e. The largest absolute Gasteiger partial charge is 0.371 e. The van der Waals surface area contributed by atoms with Gasteiger partial charge in [0.05, 0.1) is 4.47 Å². The van der Waals surface area contributed by atoms with Crippen LogP contribution in [-0.2, 0) is 13.6 Å². The van der Waals surface area contributed by atoms with Crippen molar-refractivity contribution in [3.8, 4) is 0 Å². The second kappa shape index (κ2) is 7.39. The van der Waals surface area contributed by atoms with E-state index in [9.17, 15) is 4.79 Å². The quantitative estimate of drug-likeness (QED) is 0.599. The van der Waals surface area contributed by atoms with Crippen molar-refractivity contribution in [2.45, 2.75) is 19.4 Å². The molecule has 0 saturated carbocycles. The van der Waals surface area contributed by atoms with Gasteiger partial charge in [0.25, 0.3) is 5.91 Å². The van der Waals surface area contributed by atoms with Crippen molar-refractivity contribution in [1.82, 2.24) is 9.47 Å². The highest BCUT2D eigenvalue weighted by Crippen LogP contribution is 2.32. The first kappa shape index (κ1) is 18.1. The number of nitrogens with zero attached hydrogens (tertiary/aromatic N) is 3. The number of para-hydroxylation sites is 2. The number of anilines is 1. The molecule has 140 valence electrons. The van der Waals surface area contributed by atoms with Crippen molar-refractivity contribution in [1.29, 1.82) is 0 Å². The van der Waals surface area contributed by atoms with Crippen LogP contribution in [0.3, 0.4) is 0 Å². The number of aromatic nitrogens is 1. The summed E-state index contributed by atoms with van der Waals surface area (Å²) in [4.78, 5) is 17.5. The van der Waals surface area contributed by atoms with Gasteiger partial charge in [-0.25, -0.2) is 0 Å². The molecule has 1 amide bonds. The van der Waals surface area contributed by atoms with Crippen LogP contribution >= 0.6 is 15.9 Å². The van der Waals surface area contributed by atoms with Crippen molar-refractivity contribution in [3.05, 3.63) is 64.3 Å². The van der Waals surface area contributed by atoms with E-state index in [1.165, 1.54) is 24.1 Å². The van der Waals surface area contributed by atoms with Gasteiger partial charge in [0.1, 0.15) is 5.69 Å². The van der Waals surface area contributed by atoms with E-state index in [1.54, 1.807) is 0 Å². The van der Waals surface area contributed by atoms with E-state index in [1.807, 2.05) is 47.8 Å². The Kier molecular flexibility index (Phi) is 4.96. The molecule has 4 nitrogen and oxygen atoms in total. The monoisotopic (exact) mass is 425 g/mol. The van der Waals surface area contributed by atoms with Crippen molar-refractivity contribution in [2.24, 2.45) is 7.05 Å². The van der Waals surface area contributed by atoms with Crippen LogP contribution in [0, 0.1) is 0 Å². The summed E-state index contributed by atoms with van der Waals surface area (Å²) in [5.41, 5.74) is 4.20. The van der Waals surface area contributed by atoms with Gasteiger partial charge in [-0.1, -0.05) is 36.4 Å². The maximum atomic E-state index is 13.3. The number of carbonyl (C=O) groups excluding carboxylic acids is 1. The van der Waals surface area contributed by atoms with Gasteiger partial charge >= 0.3 is 0 Å². The van der Waals surface area contributed by atoms with Gasteiger partial charge in [0, 0.05) is 50.3 Å². The van der Waals surface area contributed by atoms with Crippen LogP contribution in [-0.4, -0.2) is 35.5 Å². The van der Waals surface area contributed by atoms with Crippen LogP contribution in [0.4, 0.5) is 5.69 Å². The lowest BCUT2D eigenvalue weighted by Crippen LogP contribution is -2.29. The number of benzene rings is 2. The zero-order chi connectivity index (χ0) is 19.0. The van der Waals surface area contributed by atoms with E-state index in [0.717, 1.165) is 28.5 Å². The van der Waals surface area contributed by atoms with Crippen LogP contribution in [0.15, 0.2) is 53.0 Å². The highest BCUT2D eigenvalue weighted by atomic mass is 79.9. The van der Waals surface area contributed by atoms with Crippen LogP contribution in [0.5, 0.6) is 0 Å². The Morgan fingerprint density at radius 3 is 2.48 bits per heavy atom. The molecule has 2 heterocycles. The maximum Gasteiger partial charge on any atom is 0.271 e. The minimum absolute atomic E-state index is 0.0248. The molecule has 4 rings (SSSR count). The lowest BCUT2D eigenvalue weighted by atomic mass is 10.1. The second-order valence-corrected chi connectivity index (χ2v) is 8.02. The molecule has 0 N–H and O–H groups in total. The maximum absolute atomic E-state index is 13.3. The number of hydrogen-bond acceptors (Lipinski definition) is 2. The van der Waals surface area contributed by atoms with Gasteiger partial charge in [-0.05, 0) is 46.5 Å². The summed E-state index contributed by atoms with van der Waals surface area (Å²) in [6, 6.07) is 16.5. The molecule has 1 fully saturated rings. The summed E-state index contributed by atoms with van der Waals surface area (Å²) in [5, 5.41) is 1.06. The van der Waals surface area contributed by atoms with E-state index in [-0.39, 0.29) is 5.91 Å². The Morgan fingerprint density at radius 2 is 1.74 bits per heavy atom. The molecule has 1 aliphatic rings. The molecule has 1 aromatic heterocycles. The molecule has 0 radical (unpaired) electrons. The van der Waals surface area contributed by atoms with Crippen molar-refractivity contribution in [2.75, 3.05) is 25.0 Å². The van der Waals surface area contributed by atoms with Crippen LogP contribution < -0.4 is 4.90 Å². The minimum atomic E-state index is 0.0248. The van der Waals surface area contributed by atoms with E-state index in [2.05, 4.69) is 45.1 Å².